The number of benzene rings is 5. The number of ether oxygens (including phenoxy) is 3. The van der Waals surface area contributed by atoms with Crippen LogP contribution in [0, 0.1) is 6.17 Å². The Morgan fingerprint density at radius 2 is 0.706 bits per heavy atom. The highest BCUT2D eigenvalue weighted by Gasteiger charge is 2.44. The normalized spacial score (nSPS) is 15.2. The molecule has 4 aliphatic rings. The summed E-state index contributed by atoms with van der Waals surface area (Å²) in [6.45, 7) is 18.3. The SMILES string of the molecule is CC(C)c1cccc(C(C)C)c1N1C=CN(c2c(C(C)C)cccc2C(C)C)[C]1c1cc2c3c(c1)Oc1cccc4c1N3c1c(cccc1O2)O4. The molecule has 9 rings (SSSR count). The third-order valence-corrected chi connectivity index (χ3v) is 10.5. The van der Waals surface area contributed by atoms with Crippen molar-refractivity contribution >= 4 is 28.4 Å². The van der Waals surface area contributed by atoms with Crippen LogP contribution in [0.5, 0.6) is 34.5 Å². The minimum atomic E-state index is 0.325. The summed E-state index contributed by atoms with van der Waals surface area (Å²) >= 11 is 0. The number of nitrogens with zero attached hydrogens (tertiary/aromatic N) is 3. The van der Waals surface area contributed by atoms with Crippen molar-refractivity contribution in [1.29, 1.82) is 0 Å². The summed E-state index contributed by atoms with van der Waals surface area (Å²) in [6.07, 6.45) is 5.55. The second-order valence-electron chi connectivity index (χ2n) is 15.2. The Hall–Kier alpha value is -5.36. The second-order valence-corrected chi connectivity index (χ2v) is 15.2. The zero-order chi connectivity index (χ0) is 35.3. The van der Waals surface area contributed by atoms with Crippen molar-refractivity contribution in [3.8, 4) is 34.5 Å². The highest BCUT2D eigenvalue weighted by atomic mass is 16.5. The van der Waals surface area contributed by atoms with Crippen molar-refractivity contribution in [3.63, 3.8) is 0 Å². The van der Waals surface area contributed by atoms with E-state index in [2.05, 4.69) is 131 Å². The molecule has 6 heteroatoms. The van der Waals surface area contributed by atoms with Crippen molar-refractivity contribution < 1.29 is 14.2 Å². The van der Waals surface area contributed by atoms with E-state index in [0.29, 0.717) is 23.7 Å². The Balaban J connectivity index is 1.30. The zero-order valence-corrected chi connectivity index (χ0v) is 30.6. The summed E-state index contributed by atoms with van der Waals surface area (Å²) in [5.74, 6) is 5.84. The number of rotatable bonds is 7. The quantitative estimate of drug-likeness (QED) is 0.167. The first-order valence-electron chi connectivity index (χ1n) is 18.3. The molecule has 0 spiro atoms. The monoisotopic (exact) mass is 674 g/mol. The molecule has 4 aliphatic heterocycles. The van der Waals surface area contributed by atoms with Gasteiger partial charge in [-0.15, -0.1) is 0 Å². The lowest BCUT2D eigenvalue weighted by molar-refractivity contribution is 0.417. The van der Waals surface area contributed by atoms with Crippen LogP contribution in [0.1, 0.15) is 107 Å². The standard InChI is InChI=1S/C45H44N3O3/c1-25(2)30-13-9-14-31(26(3)4)40(30)46-21-22-47(41-32(27(5)6)15-10-16-33(41)28(7)8)45(46)29-23-38-44-39(24-29)51-37-20-12-18-35-43(37)48(44)42-34(49-35)17-11-19-36(42)50-38/h9-28H,1-8H3. The van der Waals surface area contributed by atoms with Crippen LogP contribution in [-0.4, -0.2) is 0 Å². The molecule has 257 valence electrons. The van der Waals surface area contributed by atoms with Crippen LogP contribution < -0.4 is 28.9 Å². The molecule has 6 nitrogen and oxygen atoms in total. The summed E-state index contributed by atoms with van der Waals surface area (Å²) < 4.78 is 20.0. The van der Waals surface area contributed by atoms with E-state index in [1.165, 1.54) is 33.6 Å². The Kier molecular flexibility index (Phi) is 7.18. The van der Waals surface area contributed by atoms with Gasteiger partial charge in [0, 0.05) is 18.0 Å². The number of hydrogen-bond acceptors (Lipinski definition) is 6. The summed E-state index contributed by atoms with van der Waals surface area (Å²) in [5, 5.41) is 0. The van der Waals surface area contributed by atoms with Crippen molar-refractivity contribution in [2.24, 2.45) is 0 Å². The molecule has 0 bridgehead atoms. The molecule has 1 radical (unpaired) electrons. The van der Waals surface area contributed by atoms with Crippen molar-refractivity contribution in [3.05, 3.63) is 131 Å². The first kappa shape index (κ1) is 31.6. The van der Waals surface area contributed by atoms with E-state index in [9.17, 15) is 0 Å². The highest BCUT2D eigenvalue weighted by molar-refractivity contribution is 6.00. The van der Waals surface area contributed by atoms with Gasteiger partial charge in [-0.25, -0.2) is 0 Å². The van der Waals surface area contributed by atoms with E-state index in [0.717, 1.165) is 63.3 Å². The largest absolute Gasteiger partial charge is 0.453 e. The molecule has 0 aliphatic carbocycles. The van der Waals surface area contributed by atoms with Crippen LogP contribution >= 0.6 is 0 Å². The second kappa shape index (κ2) is 11.6. The number of anilines is 5. The zero-order valence-electron chi connectivity index (χ0n) is 30.6. The van der Waals surface area contributed by atoms with Gasteiger partial charge in [-0.2, -0.15) is 0 Å². The Bertz CT molecular complexity index is 2050. The summed E-state index contributed by atoms with van der Waals surface area (Å²) in [4.78, 5) is 7.10. The van der Waals surface area contributed by atoms with Crippen molar-refractivity contribution in [1.82, 2.24) is 0 Å². The van der Waals surface area contributed by atoms with Crippen LogP contribution in [0.2, 0.25) is 0 Å². The topological polar surface area (TPSA) is 37.4 Å². The fourth-order valence-corrected chi connectivity index (χ4v) is 8.16. The molecule has 4 heterocycles. The van der Waals surface area contributed by atoms with Gasteiger partial charge in [0.2, 0.25) is 0 Å². The Labute approximate surface area is 301 Å². The van der Waals surface area contributed by atoms with Gasteiger partial charge >= 0.3 is 0 Å². The van der Waals surface area contributed by atoms with E-state index in [4.69, 9.17) is 14.2 Å². The number of para-hydroxylation sites is 4. The molecule has 0 unspecified atom stereocenters. The van der Waals surface area contributed by atoms with Crippen molar-refractivity contribution in [2.75, 3.05) is 14.7 Å². The molecule has 0 saturated carbocycles. The molecule has 0 atom stereocenters. The van der Waals surface area contributed by atoms with E-state index in [-0.39, 0.29) is 0 Å². The minimum absolute atomic E-state index is 0.325. The van der Waals surface area contributed by atoms with E-state index in [1.807, 2.05) is 36.4 Å². The lowest BCUT2D eigenvalue weighted by Gasteiger charge is -2.42. The van der Waals surface area contributed by atoms with Crippen LogP contribution in [0.4, 0.5) is 28.4 Å². The molecule has 5 aromatic carbocycles. The lowest BCUT2D eigenvalue weighted by atomic mass is 9.90. The molecule has 0 amide bonds. The maximum atomic E-state index is 6.81. The first-order valence-corrected chi connectivity index (χ1v) is 18.3. The lowest BCUT2D eigenvalue weighted by Crippen LogP contribution is -2.34. The van der Waals surface area contributed by atoms with Crippen LogP contribution in [0.15, 0.2) is 97.3 Å². The molecule has 51 heavy (non-hydrogen) atoms. The van der Waals surface area contributed by atoms with Gasteiger partial charge in [0.1, 0.15) is 17.1 Å². The van der Waals surface area contributed by atoms with E-state index < -0.39 is 0 Å². The fourth-order valence-electron chi connectivity index (χ4n) is 8.16. The average molecular weight is 675 g/mol. The smallest absolute Gasteiger partial charge is 0.196 e. The Morgan fingerprint density at radius 3 is 1.06 bits per heavy atom. The number of hydrogen-bond donors (Lipinski definition) is 0. The van der Waals surface area contributed by atoms with Crippen LogP contribution in [0.25, 0.3) is 0 Å². The van der Waals surface area contributed by atoms with E-state index >= 15 is 0 Å². The molecular formula is C45H44N3O3. The van der Waals surface area contributed by atoms with Gasteiger partial charge in [-0.05, 0) is 82.3 Å². The molecule has 0 fully saturated rings. The third kappa shape index (κ3) is 4.68. The molecule has 5 aromatic rings. The first-order chi connectivity index (χ1) is 24.6. The van der Waals surface area contributed by atoms with Gasteiger partial charge in [0.15, 0.2) is 40.7 Å². The summed E-state index contributed by atoms with van der Waals surface area (Å²) in [7, 11) is 0. The average Bonchev–Trinajstić information content (AvgIpc) is 3.55. The maximum absolute atomic E-state index is 6.81. The molecule has 0 aromatic heterocycles. The third-order valence-electron chi connectivity index (χ3n) is 10.5. The minimum Gasteiger partial charge on any atom is -0.453 e. The fraction of sp³-hybridized carbons (Fsp3) is 0.267. The van der Waals surface area contributed by atoms with Gasteiger partial charge in [-0.3, -0.25) is 4.90 Å². The predicted octanol–water partition coefficient (Wildman–Crippen LogP) is 13.3. The van der Waals surface area contributed by atoms with Gasteiger partial charge in [0.25, 0.3) is 0 Å². The summed E-state index contributed by atoms with van der Waals surface area (Å²) in [5.41, 5.74) is 11.4. The predicted molar refractivity (Wildman–Crippen MR) is 207 cm³/mol. The van der Waals surface area contributed by atoms with Crippen LogP contribution in [-0.2, 0) is 0 Å². The van der Waals surface area contributed by atoms with Crippen LogP contribution in [0.3, 0.4) is 0 Å². The maximum Gasteiger partial charge on any atom is 0.196 e. The Morgan fingerprint density at radius 1 is 0.392 bits per heavy atom. The van der Waals surface area contributed by atoms with E-state index in [1.54, 1.807) is 0 Å². The van der Waals surface area contributed by atoms with Crippen molar-refractivity contribution in [2.45, 2.75) is 79.1 Å². The summed E-state index contributed by atoms with van der Waals surface area (Å²) in [6, 6.07) is 30.0. The van der Waals surface area contributed by atoms with Gasteiger partial charge < -0.3 is 24.0 Å². The van der Waals surface area contributed by atoms with Gasteiger partial charge in [0.05, 0.1) is 11.4 Å². The highest BCUT2D eigenvalue weighted by Crippen LogP contribution is 2.67. The molecule has 0 saturated heterocycles. The van der Waals surface area contributed by atoms with Gasteiger partial charge in [-0.1, -0.05) is 104 Å². The molecule has 0 N–H and O–H groups in total. The molecular weight excluding hydrogens is 631 g/mol.